The molecule has 0 bridgehead atoms. The molecule has 0 amide bonds. The van der Waals surface area contributed by atoms with Gasteiger partial charge in [0.1, 0.15) is 5.01 Å². The van der Waals surface area contributed by atoms with E-state index in [9.17, 15) is 8.42 Å². The van der Waals surface area contributed by atoms with E-state index >= 15 is 0 Å². The molecule has 1 saturated heterocycles. The molecule has 1 aromatic rings. The van der Waals surface area contributed by atoms with Crippen LogP contribution < -0.4 is 10.6 Å². The maximum atomic E-state index is 11.3. The molecule has 6 nitrogen and oxygen atoms in total. The zero-order valence-electron chi connectivity index (χ0n) is 10.5. The highest BCUT2D eigenvalue weighted by atomic mass is 32.2. The fourth-order valence-corrected chi connectivity index (χ4v) is 4.65. The number of nitrogens with one attached hydrogen (secondary N) is 2. The highest BCUT2D eigenvalue weighted by Gasteiger charge is 2.27. The van der Waals surface area contributed by atoms with Crippen LogP contribution in [0.2, 0.25) is 0 Å². The SMILES string of the molecule is CCc1nnc(NC(=S)NC[C@@H]2CCS(=O)(=O)C2)s1. The van der Waals surface area contributed by atoms with Crippen LogP contribution in [0.4, 0.5) is 5.13 Å². The molecule has 1 fully saturated rings. The Morgan fingerprint density at radius 1 is 1.53 bits per heavy atom. The molecule has 1 aliphatic rings. The predicted molar refractivity (Wildman–Crippen MR) is 80.3 cm³/mol. The maximum absolute atomic E-state index is 11.3. The summed E-state index contributed by atoms with van der Waals surface area (Å²) in [6.45, 7) is 2.59. The van der Waals surface area contributed by atoms with E-state index in [1.807, 2.05) is 6.92 Å². The molecule has 1 atom stereocenters. The molecule has 106 valence electrons. The Balaban J connectivity index is 1.76. The van der Waals surface area contributed by atoms with Crippen LogP contribution >= 0.6 is 23.6 Å². The van der Waals surface area contributed by atoms with Crippen LogP contribution in [-0.2, 0) is 16.3 Å². The predicted octanol–water partition coefficient (Wildman–Crippen LogP) is 0.822. The van der Waals surface area contributed by atoms with Gasteiger partial charge in [-0.05, 0) is 31.0 Å². The van der Waals surface area contributed by atoms with Crippen molar-refractivity contribution in [3.8, 4) is 0 Å². The van der Waals surface area contributed by atoms with Crippen LogP contribution in [-0.4, -0.2) is 41.8 Å². The Morgan fingerprint density at radius 3 is 2.89 bits per heavy atom. The second-order valence-electron chi connectivity index (χ2n) is 4.46. The molecule has 0 unspecified atom stereocenters. The lowest BCUT2D eigenvalue weighted by Gasteiger charge is -2.11. The van der Waals surface area contributed by atoms with Gasteiger partial charge in [-0.25, -0.2) is 8.42 Å². The molecular weight excluding hydrogens is 304 g/mol. The van der Waals surface area contributed by atoms with Crippen molar-refractivity contribution in [1.29, 1.82) is 0 Å². The zero-order chi connectivity index (χ0) is 13.9. The molecule has 1 aromatic heterocycles. The Kier molecular flexibility index (Phi) is 4.69. The van der Waals surface area contributed by atoms with Crippen molar-refractivity contribution < 1.29 is 8.42 Å². The van der Waals surface area contributed by atoms with Crippen molar-refractivity contribution in [3.63, 3.8) is 0 Å². The first-order valence-electron chi connectivity index (χ1n) is 6.06. The molecule has 1 aliphatic heterocycles. The van der Waals surface area contributed by atoms with E-state index in [0.717, 1.165) is 11.4 Å². The van der Waals surface area contributed by atoms with Crippen molar-refractivity contribution in [2.45, 2.75) is 19.8 Å². The van der Waals surface area contributed by atoms with E-state index in [1.165, 1.54) is 11.3 Å². The highest BCUT2D eigenvalue weighted by Crippen LogP contribution is 2.18. The lowest BCUT2D eigenvalue weighted by Crippen LogP contribution is -2.33. The summed E-state index contributed by atoms with van der Waals surface area (Å²) >= 11 is 6.60. The lowest BCUT2D eigenvalue weighted by atomic mass is 10.1. The van der Waals surface area contributed by atoms with Gasteiger partial charge in [-0.1, -0.05) is 18.3 Å². The van der Waals surface area contributed by atoms with Crippen molar-refractivity contribution in [2.24, 2.45) is 5.92 Å². The van der Waals surface area contributed by atoms with E-state index in [2.05, 4.69) is 20.8 Å². The van der Waals surface area contributed by atoms with Gasteiger partial charge in [0, 0.05) is 6.54 Å². The summed E-state index contributed by atoms with van der Waals surface area (Å²) < 4.78 is 22.6. The summed E-state index contributed by atoms with van der Waals surface area (Å²) in [5.74, 6) is 0.683. The van der Waals surface area contributed by atoms with Gasteiger partial charge in [-0.2, -0.15) is 0 Å². The highest BCUT2D eigenvalue weighted by molar-refractivity contribution is 7.91. The largest absolute Gasteiger partial charge is 0.362 e. The molecule has 2 rings (SSSR count). The second-order valence-corrected chi connectivity index (χ2v) is 8.16. The number of rotatable bonds is 4. The molecule has 0 spiro atoms. The number of aryl methyl sites for hydroxylation is 1. The van der Waals surface area contributed by atoms with Gasteiger partial charge < -0.3 is 10.6 Å². The van der Waals surface area contributed by atoms with Gasteiger partial charge in [0.25, 0.3) is 0 Å². The van der Waals surface area contributed by atoms with Crippen LogP contribution in [0.15, 0.2) is 0 Å². The first kappa shape index (κ1) is 14.6. The normalized spacial score (nSPS) is 21.2. The van der Waals surface area contributed by atoms with E-state index < -0.39 is 9.84 Å². The minimum atomic E-state index is -2.83. The van der Waals surface area contributed by atoms with Gasteiger partial charge in [-0.3, -0.25) is 0 Å². The molecular formula is C10H16N4O2S3. The maximum Gasteiger partial charge on any atom is 0.211 e. The molecule has 0 radical (unpaired) electrons. The molecule has 0 saturated carbocycles. The third-order valence-corrected chi connectivity index (χ3v) is 5.93. The van der Waals surface area contributed by atoms with Crippen molar-refractivity contribution in [2.75, 3.05) is 23.4 Å². The summed E-state index contributed by atoms with van der Waals surface area (Å²) in [5.41, 5.74) is 0. The number of hydrogen-bond donors (Lipinski definition) is 2. The van der Waals surface area contributed by atoms with Crippen LogP contribution in [0.3, 0.4) is 0 Å². The fourth-order valence-electron chi connectivity index (χ4n) is 1.86. The van der Waals surface area contributed by atoms with Crippen LogP contribution in [0, 0.1) is 5.92 Å². The average molecular weight is 320 g/mol. The monoisotopic (exact) mass is 320 g/mol. The summed E-state index contributed by atoms with van der Waals surface area (Å²) in [6.07, 6.45) is 1.55. The zero-order valence-corrected chi connectivity index (χ0v) is 13.0. The summed E-state index contributed by atoms with van der Waals surface area (Å²) in [4.78, 5) is 0. The van der Waals surface area contributed by atoms with E-state index in [0.29, 0.717) is 23.2 Å². The second kappa shape index (κ2) is 6.10. The Hall–Kier alpha value is -0.800. The van der Waals surface area contributed by atoms with Gasteiger partial charge in [-0.15, -0.1) is 10.2 Å². The van der Waals surface area contributed by atoms with Gasteiger partial charge in [0.05, 0.1) is 11.5 Å². The average Bonchev–Trinajstić information content (AvgIpc) is 2.93. The third kappa shape index (κ3) is 4.36. The van der Waals surface area contributed by atoms with E-state index in [4.69, 9.17) is 12.2 Å². The first-order valence-corrected chi connectivity index (χ1v) is 9.11. The molecule has 0 aromatic carbocycles. The number of nitrogens with zero attached hydrogens (tertiary/aromatic N) is 2. The number of hydrogen-bond acceptors (Lipinski definition) is 6. The quantitative estimate of drug-likeness (QED) is 0.795. The molecule has 2 heterocycles. The summed E-state index contributed by atoms with van der Waals surface area (Å²) in [5, 5.41) is 16.0. The van der Waals surface area contributed by atoms with Crippen LogP contribution in [0.25, 0.3) is 0 Å². The fraction of sp³-hybridized carbons (Fsp3) is 0.700. The molecule has 19 heavy (non-hydrogen) atoms. The standard InChI is InChI=1S/C10H16N4O2S3/c1-2-8-13-14-10(18-8)12-9(17)11-5-7-3-4-19(15,16)6-7/h7H,2-6H2,1H3,(H2,11,12,14,17)/t7-/m0/s1. The number of aromatic nitrogens is 2. The smallest absolute Gasteiger partial charge is 0.211 e. The van der Waals surface area contributed by atoms with Crippen molar-refractivity contribution in [1.82, 2.24) is 15.5 Å². The first-order chi connectivity index (χ1) is 8.98. The number of anilines is 1. The molecule has 0 aliphatic carbocycles. The Bertz CT molecular complexity index is 555. The summed E-state index contributed by atoms with van der Waals surface area (Å²) in [7, 11) is -2.83. The lowest BCUT2D eigenvalue weighted by molar-refractivity contribution is 0.574. The Morgan fingerprint density at radius 2 is 2.32 bits per heavy atom. The van der Waals surface area contributed by atoms with Gasteiger partial charge in [0.15, 0.2) is 14.9 Å². The summed E-state index contributed by atoms with van der Waals surface area (Å²) in [6, 6.07) is 0. The van der Waals surface area contributed by atoms with Gasteiger partial charge >= 0.3 is 0 Å². The van der Waals surface area contributed by atoms with Crippen LogP contribution in [0.5, 0.6) is 0 Å². The van der Waals surface area contributed by atoms with Gasteiger partial charge in [0.2, 0.25) is 5.13 Å². The van der Waals surface area contributed by atoms with Crippen molar-refractivity contribution in [3.05, 3.63) is 5.01 Å². The van der Waals surface area contributed by atoms with Crippen LogP contribution in [0.1, 0.15) is 18.4 Å². The minimum Gasteiger partial charge on any atom is -0.362 e. The molecule has 9 heteroatoms. The van der Waals surface area contributed by atoms with Crippen molar-refractivity contribution >= 4 is 43.6 Å². The number of thiocarbonyl (C=S) groups is 1. The molecule has 2 N–H and O–H groups in total. The third-order valence-electron chi connectivity index (χ3n) is 2.87. The minimum absolute atomic E-state index is 0.144. The Labute approximate surface area is 121 Å². The topological polar surface area (TPSA) is 84.0 Å². The van der Waals surface area contributed by atoms with E-state index in [1.54, 1.807) is 0 Å². The van der Waals surface area contributed by atoms with E-state index in [-0.39, 0.29) is 17.4 Å². The number of sulfone groups is 1.